The Labute approximate surface area is 155 Å². The van der Waals surface area contributed by atoms with Gasteiger partial charge < -0.3 is 20.6 Å². The lowest BCUT2D eigenvalue weighted by Gasteiger charge is -2.06. The van der Waals surface area contributed by atoms with Crippen LogP contribution in [-0.4, -0.2) is 19.0 Å². The lowest BCUT2D eigenvalue weighted by molar-refractivity contribution is 0.0978. The van der Waals surface area contributed by atoms with Crippen molar-refractivity contribution in [3.8, 4) is 28.2 Å². The lowest BCUT2D eigenvalue weighted by atomic mass is 10.0. The van der Waals surface area contributed by atoms with E-state index < -0.39 is 5.91 Å². The van der Waals surface area contributed by atoms with Crippen molar-refractivity contribution in [2.75, 3.05) is 7.11 Å². The Hall–Kier alpha value is -3.25. The first-order valence-electron chi connectivity index (χ1n) is 7.66. The van der Waals surface area contributed by atoms with E-state index in [1.54, 1.807) is 31.4 Å². The molecule has 3 rings (SSSR count). The summed E-state index contributed by atoms with van der Waals surface area (Å²) in [5.74, 6) is -0.00836. The van der Waals surface area contributed by atoms with Gasteiger partial charge in [-0.05, 0) is 29.8 Å². The van der Waals surface area contributed by atoms with E-state index in [4.69, 9.17) is 32.2 Å². The third-order valence-corrected chi connectivity index (χ3v) is 3.90. The minimum absolute atomic E-state index is 0.0293. The van der Waals surface area contributed by atoms with Crippen molar-refractivity contribution < 1.29 is 13.9 Å². The van der Waals surface area contributed by atoms with Gasteiger partial charge in [0, 0.05) is 10.6 Å². The highest BCUT2D eigenvalue weighted by Crippen LogP contribution is 2.38. The molecule has 0 radical (unpaired) electrons. The van der Waals surface area contributed by atoms with Gasteiger partial charge in [0.25, 0.3) is 0 Å². The van der Waals surface area contributed by atoms with Crippen LogP contribution in [-0.2, 0) is 0 Å². The van der Waals surface area contributed by atoms with Gasteiger partial charge >= 0.3 is 5.91 Å². The molecule has 26 heavy (non-hydrogen) atoms. The normalized spacial score (nSPS) is 10.4. The summed E-state index contributed by atoms with van der Waals surface area (Å²) in [5, 5.41) is 0.510. The Morgan fingerprint density at radius 2 is 1.81 bits per heavy atom. The zero-order valence-electron chi connectivity index (χ0n) is 13.9. The van der Waals surface area contributed by atoms with Gasteiger partial charge in [0.15, 0.2) is 5.96 Å². The molecule has 0 spiro atoms. The van der Waals surface area contributed by atoms with Gasteiger partial charge in [-0.3, -0.25) is 4.79 Å². The Balaban J connectivity index is 2.21. The molecule has 0 aliphatic rings. The van der Waals surface area contributed by atoms with Gasteiger partial charge in [-0.1, -0.05) is 41.9 Å². The average molecular weight is 370 g/mol. The monoisotopic (exact) mass is 369 g/mol. The third-order valence-electron chi connectivity index (χ3n) is 3.67. The first-order valence-corrected chi connectivity index (χ1v) is 8.04. The van der Waals surface area contributed by atoms with Crippen LogP contribution in [0, 0.1) is 0 Å². The highest BCUT2D eigenvalue weighted by molar-refractivity contribution is 6.31. The molecule has 132 valence electrons. The van der Waals surface area contributed by atoms with Crippen LogP contribution < -0.4 is 16.2 Å². The molecule has 0 fully saturated rings. The van der Waals surface area contributed by atoms with Gasteiger partial charge in [0.1, 0.15) is 11.5 Å². The van der Waals surface area contributed by atoms with Crippen LogP contribution in [0.3, 0.4) is 0 Å². The standard InChI is InChI=1S/C19H16ClN3O3/c1-25-15-8-7-12(20)9-14(15)16-10-13(11-5-3-2-4-6-11)17(26-16)18(24)23-19(21)22/h2-10H,1H3,(H4,21,22,23,24). The van der Waals surface area contributed by atoms with Crippen LogP contribution >= 0.6 is 11.6 Å². The zero-order chi connectivity index (χ0) is 18.7. The molecule has 2 aromatic carbocycles. The second-order valence-corrected chi connectivity index (χ2v) is 5.84. The van der Waals surface area contributed by atoms with E-state index in [1.165, 1.54) is 0 Å². The number of carbonyl (C=O) groups is 1. The molecule has 4 N–H and O–H groups in total. The van der Waals surface area contributed by atoms with E-state index in [0.29, 0.717) is 27.7 Å². The summed E-state index contributed by atoms with van der Waals surface area (Å²) in [7, 11) is 1.54. The molecular formula is C19H16ClN3O3. The minimum atomic E-state index is -0.670. The molecule has 0 atom stereocenters. The Morgan fingerprint density at radius 1 is 1.08 bits per heavy atom. The number of rotatable bonds is 4. The fourth-order valence-electron chi connectivity index (χ4n) is 2.56. The van der Waals surface area contributed by atoms with Crippen molar-refractivity contribution in [1.82, 2.24) is 0 Å². The number of aliphatic imine (C=N–C) groups is 1. The number of nitrogens with zero attached hydrogens (tertiary/aromatic N) is 1. The summed E-state index contributed by atoms with van der Waals surface area (Å²) in [5.41, 5.74) is 12.6. The van der Waals surface area contributed by atoms with Gasteiger partial charge in [-0.2, -0.15) is 4.99 Å². The number of methoxy groups -OCH3 is 1. The second-order valence-electron chi connectivity index (χ2n) is 5.41. The van der Waals surface area contributed by atoms with Crippen LogP contribution in [0.2, 0.25) is 5.02 Å². The number of amides is 1. The molecule has 1 amide bonds. The number of hydrogen-bond donors (Lipinski definition) is 2. The Kier molecular flexibility index (Phi) is 4.95. The molecule has 7 heteroatoms. The van der Waals surface area contributed by atoms with E-state index in [-0.39, 0.29) is 11.7 Å². The van der Waals surface area contributed by atoms with Crippen molar-refractivity contribution in [2.24, 2.45) is 16.5 Å². The zero-order valence-corrected chi connectivity index (χ0v) is 14.7. The topological polar surface area (TPSA) is 104 Å². The van der Waals surface area contributed by atoms with Gasteiger partial charge in [0.2, 0.25) is 5.76 Å². The maximum Gasteiger partial charge on any atom is 0.316 e. The lowest BCUT2D eigenvalue weighted by Crippen LogP contribution is -2.24. The van der Waals surface area contributed by atoms with E-state index >= 15 is 0 Å². The van der Waals surface area contributed by atoms with E-state index in [0.717, 1.165) is 5.56 Å². The maximum absolute atomic E-state index is 12.4. The SMILES string of the molecule is COc1ccc(Cl)cc1-c1cc(-c2ccccc2)c(C(=O)N=C(N)N)o1. The molecule has 0 unspecified atom stereocenters. The molecule has 0 aliphatic heterocycles. The van der Waals surface area contributed by atoms with Crippen molar-refractivity contribution in [2.45, 2.75) is 0 Å². The molecule has 3 aromatic rings. The number of benzene rings is 2. The van der Waals surface area contributed by atoms with E-state index in [1.807, 2.05) is 30.3 Å². The molecule has 6 nitrogen and oxygen atoms in total. The number of carbonyl (C=O) groups excluding carboxylic acids is 1. The predicted molar refractivity (Wildman–Crippen MR) is 101 cm³/mol. The van der Waals surface area contributed by atoms with Crippen LogP contribution in [0.1, 0.15) is 10.6 Å². The van der Waals surface area contributed by atoms with Crippen molar-refractivity contribution >= 4 is 23.5 Å². The van der Waals surface area contributed by atoms with E-state index in [2.05, 4.69) is 4.99 Å². The smallest absolute Gasteiger partial charge is 0.316 e. The summed E-state index contributed by atoms with van der Waals surface area (Å²) in [4.78, 5) is 16.0. The van der Waals surface area contributed by atoms with Crippen LogP contribution in [0.5, 0.6) is 5.75 Å². The number of ether oxygens (including phenoxy) is 1. The van der Waals surface area contributed by atoms with Crippen molar-refractivity contribution in [3.05, 3.63) is 65.4 Å². The van der Waals surface area contributed by atoms with Gasteiger partial charge in [-0.25, -0.2) is 0 Å². The summed E-state index contributed by atoms with van der Waals surface area (Å²) in [6, 6.07) is 16.2. The number of halogens is 1. The molecule has 1 aromatic heterocycles. The Morgan fingerprint density at radius 3 is 2.46 bits per heavy atom. The molecule has 0 saturated heterocycles. The first kappa shape index (κ1) is 17.6. The van der Waals surface area contributed by atoms with Gasteiger partial charge in [-0.15, -0.1) is 0 Å². The highest BCUT2D eigenvalue weighted by atomic mass is 35.5. The molecular weight excluding hydrogens is 354 g/mol. The summed E-state index contributed by atoms with van der Waals surface area (Å²) in [6.45, 7) is 0. The number of nitrogens with two attached hydrogens (primary N) is 2. The quantitative estimate of drug-likeness (QED) is 0.539. The number of guanidine groups is 1. The van der Waals surface area contributed by atoms with Crippen molar-refractivity contribution in [3.63, 3.8) is 0 Å². The summed E-state index contributed by atoms with van der Waals surface area (Å²) < 4.78 is 11.2. The fraction of sp³-hybridized carbons (Fsp3) is 0.0526. The highest BCUT2D eigenvalue weighted by Gasteiger charge is 2.22. The van der Waals surface area contributed by atoms with E-state index in [9.17, 15) is 4.79 Å². The molecule has 0 saturated carbocycles. The van der Waals surface area contributed by atoms with Crippen LogP contribution in [0.25, 0.3) is 22.5 Å². The minimum Gasteiger partial charge on any atom is -0.496 e. The first-order chi connectivity index (χ1) is 12.5. The van der Waals surface area contributed by atoms with Crippen molar-refractivity contribution in [1.29, 1.82) is 0 Å². The average Bonchev–Trinajstić information content (AvgIpc) is 3.07. The third kappa shape index (κ3) is 3.55. The second kappa shape index (κ2) is 7.33. The predicted octanol–water partition coefficient (Wildman–Crippen LogP) is 3.69. The Bertz CT molecular complexity index is 977. The van der Waals surface area contributed by atoms with Crippen LogP contribution in [0.4, 0.5) is 0 Å². The van der Waals surface area contributed by atoms with Crippen LogP contribution in [0.15, 0.2) is 64.0 Å². The van der Waals surface area contributed by atoms with Gasteiger partial charge in [0.05, 0.1) is 12.7 Å². The molecule has 1 heterocycles. The maximum atomic E-state index is 12.4. The number of furan rings is 1. The molecule has 0 bridgehead atoms. The molecule has 0 aliphatic carbocycles. The summed E-state index contributed by atoms with van der Waals surface area (Å²) in [6.07, 6.45) is 0. The largest absolute Gasteiger partial charge is 0.496 e. The number of hydrogen-bond acceptors (Lipinski definition) is 3. The summed E-state index contributed by atoms with van der Waals surface area (Å²) >= 11 is 6.10. The fourth-order valence-corrected chi connectivity index (χ4v) is 2.73.